The molecule has 6 nitrogen and oxygen atoms in total. The number of rotatable bonds is 4. The number of nitrogens with zero attached hydrogens (tertiary/aromatic N) is 1. The number of benzene rings is 2. The summed E-state index contributed by atoms with van der Waals surface area (Å²) in [5.41, 5.74) is 5.87. The number of halogens is 1. The van der Waals surface area contributed by atoms with E-state index in [1.165, 1.54) is 12.1 Å². The Balaban J connectivity index is 2.25. The van der Waals surface area contributed by atoms with Gasteiger partial charge in [0.05, 0.1) is 11.0 Å². The summed E-state index contributed by atoms with van der Waals surface area (Å²) in [4.78, 5) is 10.3. The number of hydrogen-bond acceptors (Lipinski definition) is 4. The van der Waals surface area contributed by atoms with Crippen LogP contribution in [-0.4, -0.2) is 10.8 Å². The van der Waals surface area contributed by atoms with E-state index in [0.29, 0.717) is 21.5 Å². The number of nitrogen functional groups attached to an aromatic ring is 1. The Morgan fingerprint density at radius 1 is 1.20 bits per heavy atom. The van der Waals surface area contributed by atoms with Gasteiger partial charge in [0.15, 0.2) is 0 Å². The maximum absolute atomic E-state index is 10.8. The summed E-state index contributed by atoms with van der Waals surface area (Å²) >= 11 is 3.20. The largest absolute Gasteiger partial charge is 0.457 e. The Hall–Kier alpha value is -2.41. The first-order valence-electron chi connectivity index (χ1n) is 5.53. The predicted molar refractivity (Wildman–Crippen MR) is 78.3 cm³/mol. The molecule has 7 heteroatoms. The molecule has 0 atom stereocenters. The molecule has 2 rings (SSSR count). The third kappa shape index (κ3) is 3.33. The van der Waals surface area contributed by atoms with Crippen molar-refractivity contribution in [2.75, 3.05) is 0 Å². The number of nitro groups is 1. The molecule has 0 aliphatic carbocycles. The predicted octanol–water partition coefficient (Wildman–Crippen LogP) is 3.43. The minimum absolute atomic E-state index is 0.0327. The zero-order chi connectivity index (χ0) is 14.7. The van der Waals surface area contributed by atoms with Gasteiger partial charge in [0, 0.05) is 16.1 Å². The molecule has 0 unspecified atom stereocenters. The van der Waals surface area contributed by atoms with Gasteiger partial charge in [-0.05, 0) is 30.3 Å². The van der Waals surface area contributed by atoms with Crippen molar-refractivity contribution < 1.29 is 9.66 Å². The third-order valence-electron chi connectivity index (χ3n) is 2.47. The number of hydrogen-bond donors (Lipinski definition) is 2. The first-order chi connectivity index (χ1) is 9.45. The maximum atomic E-state index is 10.8. The molecule has 0 amide bonds. The van der Waals surface area contributed by atoms with Gasteiger partial charge in [-0.2, -0.15) is 0 Å². The number of amidine groups is 1. The molecule has 0 bridgehead atoms. The van der Waals surface area contributed by atoms with E-state index >= 15 is 0 Å². The Labute approximate surface area is 123 Å². The Morgan fingerprint density at radius 3 is 2.40 bits per heavy atom. The van der Waals surface area contributed by atoms with Crippen LogP contribution in [0.2, 0.25) is 0 Å². The van der Waals surface area contributed by atoms with Gasteiger partial charge in [-0.25, -0.2) is 0 Å². The van der Waals surface area contributed by atoms with Crippen LogP contribution >= 0.6 is 15.9 Å². The standard InChI is InChI=1S/C13H10BrN3O3/c14-9-5-10(17(18)19)7-12(6-9)20-11-3-1-8(2-4-11)13(15)16/h1-7H,(H3,15,16). The Bertz CT molecular complexity index is 671. The first kappa shape index (κ1) is 14.0. The van der Waals surface area contributed by atoms with Crippen LogP contribution in [0.15, 0.2) is 46.9 Å². The summed E-state index contributed by atoms with van der Waals surface area (Å²) in [5, 5.41) is 18.1. The summed E-state index contributed by atoms with van der Waals surface area (Å²) in [6.45, 7) is 0. The van der Waals surface area contributed by atoms with Gasteiger partial charge in [0.1, 0.15) is 17.3 Å². The molecule has 20 heavy (non-hydrogen) atoms. The van der Waals surface area contributed by atoms with E-state index in [1.807, 2.05) is 0 Å². The molecular formula is C13H10BrN3O3. The van der Waals surface area contributed by atoms with E-state index in [2.05, 4.69) is 15.9 Å². The molecule has 0 aliphatic heterocycles. The fourth-order valence-corrected chi connectivity index (χ4v) is 2.01. The molecule has 0 fully saturated rings. The highest BCUT2D eigenvalue weighted by Gasteiger charge is 2.10. The molecule has 2 aromatic rings. The molecule has 0 saturated heterocycles. The van der Waals surface area contributed by atoms with E-state index in [1.54, 1.807) is 30.3 Å². The lowest BCUT2D eigenvalue weighted by molar-refractivity contribution is -0.385. The number of nitro benzene ring substituents is 1. The van der Waals surface area contributed by atoms with Crippen molar-refractivity contribution in [3.63, 3.8) is 0 Å². The topological polar surface area (TPSA) is 102 Å². The summed E-state index contributed by atoms with van der Waals surface area (Å²) in [7, 11) is 0. The second-order valence-electron chi connectivity index (χ2n) is 3.94. The van der Waals surface area contributed by atoms with E-state index in [0.717, 1.165) is 0 Å². The minimum atomic E-state index is -0.490. The zero-order valence-electron chi connectivity index (χ0n) is 10.2. The molecule has 0 saturated carbocycles. The van der Waals surface area contributed by atoms with Crippen LogP contribution in [0.1, 0.15) is 5.56 Å². The van der Waals surface area contributed by atoms with Gasteiger partial charge in [0.2, 0.25) is 0 Å². The second kappa shape index (κ2) is 5.70. The number of nitrogens with one attached hydrogen (secondary N) is 1. The van der Waals surface area contributed by atoms with Crippen LogP contribution in [0, 0.1) is 15.5 Å². The molecule has 0 aliphatic rings. The van der Waals surface area contributed by atoms with E-state index < -0.39 is 4.92 Å². The summed E-state index contributed by atoms with van der Waals surface area (Å²) < 4.78 is 6.10. The van der Waals surface area contributed by atoms with Crippen LogP contribution in [0.3, 0.4) is 0 Å². The maximum Gasteiger partial charge on any atom is 0.274 e. The van der Waals surface area contributed by atoms with Gasteiger partial charge in [0.25, 0.3) is 5.69 Å². The van der Waals surface area contributed by atoms with Crippen LogP contribution in [0.4, 0.5) is 5.69 Å². The van der Waals surface area contributed by atoms with Crippen molar-refractivity contribution in [1.29, 1.82) is 5.41 Å². The highest BCUT2D eigenvalue weighted by atomic mass is 79.9. The lowest BCUT2D eigenvalue weighted by atomic mass is 10.2. The SMILES string of the molecule is N=C(N)c1ccc(Oc2cc(Br)cc([N+](=O)[O-])c2)cc1. The number of nitrogens with two attached hydrogens (primary N) is 1. The Morgan fingerprint density at radius 2 is 1.85 bits per heavy atom. The lowest BCUT2D eigenvalue weighted by Crippen LogP contribution is -2.10. The molecule has 0 radical (unpaired) electrons. The molecule has 2 aromatic carbocycles. The van der Waals surface area contributed by atoms with Crippen molar-refractivity contribution in [1.82, 2.24) is 0 Å². The van der Waals surface area contributed by atoms with E-state index in [4.69, 9.17) is 15.9 Å². The number of ether oxygens (including phenoxy) is 1. The summed E-state index contributed by atoms with van der Waals surface area (Å²) in [6.07, 6.45) is 0. The summed E-state index contributed by atoms with van der Waals surface area (Å²) in [6, 6.07) is 10.9. The minimum Gasteiger partial charge on any atom is -0.457 e. The molecular weight excluding hydrogens is 326 g/mol. The van der Waals surface area contributed by atoms with Crippen LogP contribution in [-0.2, 0) is 0 Å². The number of non-ortho nitro benzene ring substituents is 1. The Kier molecular flexibility index (Phi) is 3.99. The lowest BCUT2D eigenvalue weighted by Gasteiger charge is -2.07. The van der Waals surface area contributed by atoms with Gasteiger partial charge in [-0.15, -0.1) is 0 Å². The molecule has 0 spiro atoms. The fraction of sp³-hybridized carbons (Fsp3) is 0. The average molecular weight is 336 g/mol. The van der Waals surface area contributed by atoms with E-state index in [-0.39, 0.29) is 11.5 Å². The van der Waals surface area contributed by atoms with E-state index in [9.17, 15) is 10.1 Å². The smallest absolute Gasteiger partial charge is 0.274 e. The van der Waals surface area contributed by atoms with Crippen molar-refractivity contribution in [2.24, 2.45) is 5.73 Å². The second-order valence-corrected chi connectivity index (χ2v) is 4.86. The fourth-order valence-electron chi connectivity index (χ4n) is 1.55. The van der Waals surface area contributed by atoms with Crippen molar-refractivity contribution in [3.05, 3.63) is 62.6 Å². The highest BCUT2D eigenvalue weighted by molar-refractivity contribution is 9.10. The monoisotopic (exact) mass is 335 g/mol. The van der Waals surface area contributed by atoms with Gasteiger partial charge in [-0.1, -0.05) is 15.9 Å². The molecule has 0 heterocycles. The molecule has 0 aromatic heterocycles. The van der Waals surface area contributed by atoms with Crippen LogP contribution in [0.25, 0.3) is 0 Å². The first-order valence-corrected chi connectivity index (χ1v) is 6.32. The summed E-state index contributed by atoms with van der Waals surface area (Å²) in [5.74, 6) is 0.818. The molecule has 3 N–H and O–H groups in total. The highest BCUT2D eigenvalue weighted by Crippen LogP contribution is 2.29. The van der Waals surface area contributed by atoms with Crippen LogP contribution < -0.4 is 10.5 Å². The van der Waals surface area contributed by atoms with Crippen molar-refractivity contribution >= 4 is 27.5 Å². The van der Waals surface area contributed by atoms with Gasteiger partial charge < -0.3 is 10.5 Å². The van der Waals surface area contributed by atoms with Crippen molar-refractivity contribution in [3.8, 4) is 11.5 Å². The van der Waals surface area contributed by atoms with Gasteiger partial charge >= 0.3 is 0 Å². The van der Waals surface area contributed by atoms with Crippen LogP contribution in [0.5, 0.6) is 11.5 Å². The third-order valence-corrected chi connectivity index (χ3v) is 2.93. The van der Waals surface area contributed by atoms with Gasteiger partial charge in [-0.3, -0.25) is 15.5 Å². The quantitative estimate of drug-likeness (QED) is 0.386. The average Bonchev–Trinajstić information content (AvgIpc) is 2.38. The molecule has 102 valence electrons. The van der Waals surface area contributed by atoms with Crippen molar-refractivity contribution in [2.45, 2.75) is 0 Å². The normalized spacial score (nSPS) is 10.1. The zero-order valence-corrected chi connectivity index (χ0v) is 11.8.